The van der Waals surface area contributed by atoms with Gasteiger partial charge in [0, 0.05) is 22.7 Å². The molecule has 0 fully saturated rings. The zero-order valence-corrected chi connectivity index (χ0v) is 14.1. The summed E-state index contributed by atoms with van der Waals surface area (Å²) >= 11 is 5.79. The molecule has 1 aliphatic rings. The lowest BCUT2D eigenvalue weighted by atomic mass is 10.0. The Kier molecular flexibility index (Phi) is 5.09. The predicted octanol–water partition coefficient (Wildman–Crippen LogP) is 2.72. The Labute approximate surface area is 149 Å². The molecule has 3 rings (SSSR count). The first-order chi connectivity index (χ1) is 12.0. The lowest BCUT2D eigenvalue weighted by Crippen LogP contribution is -2.35. The summed E-state index contributed by atoms with van der Waals surface area (Å²) in [7, 11) is 0. The quantitative estimate of drug-likeness (QED) is 0.646. The Morgan fingerprint density at radius 3 is 2.88 bits per heavy atom. The number of fused-ring (bicyclic) bond motifs is 1. The molecule has 1 amide bonds. The first-order valence-electron chi connectivity index (χ1n) is 7.78. The van der Waals surface area contributed by atoms with E-state index >= 15 is 0 Å². The summed E-state index contributed by atoms with van der Waals surface area (Å²) in [6.07, 6.45) is 0.654. The fraction of sp³-hybridized carbons (Fsp3) is 0.222. The van der Waals surface area contributed by atoms with Crippen molar-refractivity contribution in [1.29, 1.82) is 0 Å². The van der Waals surface area contributed by atoms with Crippen molar-refractivity contribution in [3.63, 3.8) is 0 Å². The van der Waals surface area contributed by atoms with Gasteiger partial charge in [0.25, 0.3) is 5.91 Å². The lowest BCUT2D eigenvalue weighted by molar-refractivity contribution is -0.125. The van der Waals surface area contributed by atoms with Crippen LogP contribution >= 0.6 is 11.6 Å². The third-order valence-electron chi connectivity index (χ3n) is 3.86. The van der Waals surface area contributed by atoms with Gasteiger partial charge in [-0.15, -0.1) is 0 Å². The molecule has 130 valence electrons. The maximum atomic E-state index is 12.1. The van der Waals surface area contributed by atoms with Crippen LogP contribution in [0.4, 0.5) is 5.69 Å². The topological polar surface area (TPSA) is 90.7 Å². The first-order valence-corrected chi connectivity index (χ1v) is 8.15. The second-order valence-electron chi connectivity index (χ2n) is 5.60. The summed E-state index contributed by atoms with van der Waals surface area (Å²) in [6.45, 7) is 0.128. The van der Waals surface area contributed by atoms with E-state index in [4.69, 9.17) is 26.8 Å². The van der Waals surface area contributed by atoms with E-state index in [9.17, 15) is 9.59 Å². The van der Waals surface area contributed by atoms with Crippen molar-refractivity contribution in [3.8, 4) is 5.75 Å². The summed E-state index contributed by atoms with van der Waals surface area (Å²) < 4.78 is 10.6. The van der Waals surface area contributed by atoms with Crippen LogP contribution in [0.1, 0.15) is 28.4 Å². The molecule has 3 N–H and O–H groups in total. The van der Waals surface area contributed by atoms with Crippen molar-refractivity contribution in [1.82, 2.24) is 5.32 Å². The molecule has 0 unspecified atom stereocenters. The molecule has 1 aliphatic heterocycles. The number of benzene rings is 2. The van der Waals surface area contributed by atoms with Crippen LogP contribution in [0.3, 0.4) is 0 Å². The number of ether oxygens (including phenoxy) is 2. The number of amides is 1. The van der Waals surface area contributed by atoms with Crippen molar-refractivity contribution < 1.29 is 19.1 Å². The van der Waals surface area contributed by atoms with Gasteiger partial charge in [-0.05, 0) is 24.3 Å². The SMILES string of the molecule is Nc1cc(Cl)ccc1C(=O)OCC(=O)N[C@H]1CCOc2ccccc21. The Balaban J connectivity index is 1.58. The number of halogens is 1. The largest absolute Gasteiger partial charge is 0.493 e. The van der Waals surface area contributed by atoms with Crippen LogP contribution in [-0.2, 0) is 9.53 Å². The molecule has 0 saturated heterocycles. The number of anilines is 1. The minimum Gasteiger partial charge on any atom is -0.493 e. The first kappa shape index (κ1) is 17.1. The van der Waals surface area contributed by atoms with Crippen molar-refractivity contribution >= 4 is 29.2 Å². The summed E-state index contributed by atoms with van der Waals surface area (Å²) in [4.78, 5) is 24.1. The minimum absolute atomic E-state index is 0.170. The van der Waals surface area contributed by atoms with Gasteiger partial charge < -0.3 is 20.5 Å². The predicted molar refractivity (Wildman–Crippen MR) is 93.6 cm³/mol. The van der Waals surface area contributed by atoms with Crippen molar-refractivity contribution in [2.75, 3.05) is 18.9 Å². The van der Waals surface area contributed by atoms with Gasteiger partial charge in [-0.2, -0.15) is 0 Å². The van der Waals surface area contributed by atoms with E-state index in [1.807, 2.05) is 24.3 Å². The summed E-state index contributed by atoms with van der Waals surface area (Å²) in [6, 6.07) is 11.8. The standard InChI is InChI=1S/C18H17ClN2O4/c19-11-5-6-12(14(20)9-11)18(23)25-10-17(22)21-15-7-8-24-16-4-2-1-3-13(15)16/h1-6,9,15H,7-8,10,20H2,(H,21,22)/t15-/m0/s1. The molecule has 6 nitrogen and oxygen atoms in total. The molecular formula is C18H17ClN2O4. The molecule has 0 bridgehead atoms. The van der Waals surface area contributed by atoms with E-state index in [1.54, 1.807) is 0 Å². The molecule has 0 aromatic heterocycles. The average molecular weight is 361 g/mol. The third-order valence-corrected chi connectivity index (χ3v) is 4.10. The third kappa shape index (κ3) is 4.03. The van der Waals surface area contributed by atoms with Gasteiger partial charge in [-0.25, -0.2) is 4.79 Å². The zero-order chi connectivity index (χ0) is 17.8. The maximum Gasteiger partial charge on any atom is 0.340 e. The number of carbonyl (C=O) groups excluding carboxylic acids is 2. The van der Waals surface area contributed by atoms with E-state index in [0.29, 0.717) is 18.1 Å². The van der Waals surface area contributed by atoms with Gasteiger partial charge in [0.05, 0.1) is 18.2 Å². The number of esters is 1. The molecule has 1 atom stereocenters. The molecule has 7 heteroatoms. The highest BCUT2D eigenvalue weighted by atomic mass is 35.5. The second-order valence-corrected chi connectivity index (χ2v) is 6.04. The fourth-order valence-corrected chi connectivity index (χ4v) is 2.84. The number of para-hydroxylation sites is 1. The van der Waals surface area contributed by atoms with Gasteiger partial charge in [0.2, 0.25) is 0 Å². The molecule has 0 aliphatic carbocycles. The second kappa shape index (κ2) is 7.44. The van der Waals surface area contributed by atoms with E-state index in [0.717, 1.165) is 11.3 Å². The molecule has 0 radical (unpaired) electrons. The summed E-state index contributed by atoms with van der Waals surface area (Å²) in [5, 5.41) is 3.28. The maximum absolute atomic E-state index is 12.1. The normalized spacial score (nSPS) is 15.6. The van der Waals surface area contributed by atoms with Crippen LogP contribution in [0, 0.1) is 0 Å². The molecule has 2 aromatic rings. The minimum atomic E-state index is -0.670. The zero-order valence-electron chi connectivity index (χ0n) is 13.3. The molecule has 25 heavy (non-hydrogen) atoms. The molecule has 0 spiro atoms. The van der Waals surface area contributed by atoms with E-state index in [-0.39, 0.29) is 29.8 Å². The number of nitrogens with two attached hydrogens (primary N) is 1. The van der Waals surface area contributed by atoms with Crippen LogP contribution in [0.5, 0.6) is 5.75 Å². The Morgan fingerprint density at radius 1 is 1.28 bits per heavy atom. The molecule has 0 saturated carbocycles. The van der Waals surface area contributed by atoms with Gasteiger partial charge >= 0.3 is 5.97 Å². The smallest absolute Gasteiger partial charge is 0.340 e. The van der Waals surface area contributed by atoms with Crippen LogP contribution in [0.2, 0.25) is 5.02 Å². The number of hydrogen-bond donors (Lipinski definition) is 2. The van der Waals surface area contributed by atoms with Crippen LogP contribution < -0.4 is 15.8 Å². The van der Waals surface area contributed by atoms with Crippen LogP contribution in [0.15, 0.2) is 42.5 Å². The van der Waals surface area contributed by atoms with E-state index in [1.165, 1.54) is 18.2 Å². The Morgan fingerprint density at radius 2 is 2.08 bits per heavy atom. The summed E-state index contributed by atoms with van der Waals surface area (Å²) in [5.74, 6) is -0.302. The highest BCUT2D eigenvalue weighted by Crippen LogP contribution is 2.31. The number of carbonyl (C=O) groups is 2. The fourth-order valence-electron chi connectivity index (χ4n) is 2.66. The molecular weight excluding hydrogens is 344 g/mol. The number of nitrogens with one attached hydrogen (secondary N) is 1. The van der Waals surface area contributed by atoms with Crippen molar-refractivity contribution in [3.05, 3.63) is 58.6 Å². The monoisotopic (exact) mass is 360 g/mol. The Hall–Kier alpha value is -2.73. The number of rotatable bonds is 4. The van der Waals surface area contributed by atoms with E-state index in [2.05, 4.69) is 5.32 Å². The summed E-state index contributed by atoms with van der Waals surface area (Å²) in [5.41, 5.74) is 7.02. The van der Waals surface area contributed by atoms with Gasteiger partial charge in [-0.3, -0.25) is 4.79 Å². The lowest BCUT2D eigenvalue weighted by Gasteiger charge is -2.26. The highest BCUT2D eigenvalue weighted by Gasteiger charge is 2.23. The van der Waals surface area contributed by atoms with Gasteiger partial charge in [-0.1, -0.05) is 29.8 Å². The average Bonchev–Trinajstić information content (AvgIpc) is 2.60. The van der Waals surface area contributed by atoms with Gasteiger partial charge in [0.15, 0.2) is 6.61 Å². The number of hydrogen-bond acceptors (Lipinski definition) is 5. The van der Waals surface area contributed by atoms with E-state index < -0.39 is 5.97 Å². The Bertz CT molecular complexity index is 809. The van der Waals surface area contributed by atoms with Crippen LogP contribution in [-0.4, -0.2) is 25.1 Å². The highest BCUT2D eigenvalue weighted by molar-refractivity contribution is 6.31. The van der Waals surface area contributed by atoms with Crippen molar-refractivity contribution in [2.45, 2.75) is 12.5 Å². The van der Waals surface area contributed by atoms with Crippen molar-refractivity contribution in [2.24, 2.45) is 0 Å². The van der Waals surface area contributed by atoms with Gasteiger partial charge in [0.1, 0.15) is 5.75 Å². The van der Waals surface area contributed by atoms with Crippen LogP contribution in [0.25, 0.3) is 0 Å². The molecule has 1 heterocycles. The number of nitrogen functional groups attached to an aromatic ring is 1. The molecule has 2 aromatic carbocycles.